The third-order valence-corrected chi connectivity index (χ3v) is 8.78. The summed E-state index contributed by atoms with van der Waals surface area (Å²) in [6.07, 6.45) is 3.10. The van der Waals surface area contributed by atoms with Gasteiger partial charge in [-0.2, -0.15) is 22.7 Å². The summed E-state index contributed by atoms with van der Waals surface area (Å²) >= 11 is 3.42. The van der Waals surface area contributed by atoms with Gasteiger partial charge in [-0.05, 0) is 61.0 Å². The maximum Gasteiger partial charge on any atom is 3.00 e. The van der Waals surface area contributed by atoms with Crippen molar-refractivity contribution in [1.82, 2.24) is 19.9 Å². The van der Waals surface area contributed by atoms with Crippen molar-refractivity contribution >= 4 is 61.5 Å². The molecule has 0 saturated heterocycles. The molecule has 0 aliphatic heterocycles. The third-order valence-electron chi connectivity index (χ3n) is 6.64. The number of carbonyl (C=O) groups is 1. The van der Waals surface area contributed by atoms with E-state index in [1.807, 2.05) is 104 Å². The molecule has 10 heteroatoms. The van der Waals surface area contributed by atoms with Crippen LogP contribution in [0, 0.1) is 19.1 Å². The normalized spacial score (nSPS) is 10.0. The van der Waals surface area contributed by atoms with Gasteiger partial charge in [-0.1, -0.05) is 24.3 Å². The van der Waals surface area contributed by atoms with Gasteiger partial charge in [0.2, 0.25) is 0 Å². The zero-order valence-electron chi connectivity index (χ0n) is 25.4. The molecule has 238 valence electrons. The summed E-state index contributed by atoms with van der Waals surface area (Å²) in [6.45, 7) is 1.94. The second-order valence-electron chi connectivity index (χ2n) is 9.96. The van der Waals surface area contributed by atoms with Crippen molar-refractivity contribution in [2.24, 2.45) is 0 Å². The number of benzene rings is 4. The minimum Gasteiger partial charge on any atom is -0.545 e. The van der Waals surface area contributed by atoms with Crippen molar-refractivity contribution in [2.75, 3.05) is 0 Å². The maximum atomic E-state index is 10.7. The number of aromatic carboxylic acids is 1. The zero-order chi connectivity index (χ0) is 31.7. The largest absolute Gasteiger partial charge is 3.00 e. The fourth-order valence-corrected chi connectivity index (χ4v) is 6.31. The van der Waals surface area contributed by atoms with Gasteiger partial charge < -0.3 is 9.90 Å². The molecule has 6 nitrogen and oxygen atoms in total. The average Bonchev–Trinajstić information content (AvgIpc) is 3.75. The number of rotatable bonds is 4. The Hall–Kier alpha value is -4.63. The van der Waals surface area contributed by atoms with E-state index < -0.39 is 5.97 Å². The summed E-state index contributed by atoms with van der Waals surface area (Å²) in [5.74, 6) is -1.21. The van der Waals surface area contributed by atoms with Gasteiger partial charge in [-0.25, -0.2) is 0 Å². The van der Waals surface area contributed by atoms with Crippen molar-refractivity contribution in [3.05, 3.63) is 157 Å². The quantitative estimate of drug-likeness (QED) is 0.165. The van der Waals surface area contributed by atoms with E-state index in [2.05, 4.69) is 44.2 Å². The van der Waals surface area contributed by atoms with Crippen molar-refractivity contribution in [1.29, 1.82) is 0 Å². The van der Waals surface area contributed by atoms with Crippen LogP contribution in [0.2, 0.25) is 0 Å². The Morgan fingerprint density at radius 2 is 1.12 bits per heavy atom. The molecule has 4 aromatic carbocycles. The standard InChI is InChI=1S/2C13H8NS.C12H10N2O2.ClH.Ir/c2*1-2-6-10(7-3-1)13-14-11-8-4-5-9-12(11)15-13;1-8-2-4-13-10(6-8)11-7-9(12(15)16)3-5-14-11;;/h2*1-6,8-9H;2-7H,1H3,(H,15,16);1H;/q2*-1;;;+3/p-1. The predicted molar refractivity (Wildman–Crippen MR) is 192 cm³/mol. The maximum absolute atomic E-state index is 10.7. The molecule has 0 aliphatic rings. The van der Waals surface area contributed by atoms with E-state index in [0.717, 1.165) is 37.7 Å². The molecule has 4 aromatic heterocycles. The molecule has 48 heavy (non-hydrogen) atoms. The third kappa shape index (κ3) is 9.25. The molecule has 0 bridgehead atoms. The second kappa shape index (κ2) is 17.5. The smallest absolute Gasteiger partial charge is 0.545 e. The molecular formula is C38H26ClIrN4O2S2. The van der Waals surface area contributed by atoms with E-state index >= 15 is 0 Å². The van der Waals surface area contributed by atoms with E-state index in [1.165, 1.54) is 27.7 Å². The minimum absolute atomic E-state index is 0. The monoisotopic (exact) mass is 862 g/mol. The number of aryl methyl sites for hydroxylation is 1. The molecule has 0 fully saturated rings. The van der Waals surface area contributed by atoms with Crippen molar-refractivity contribution in [2.45, 2.75) is 6.92 Å². The first-order chi connectivity index (χ1) is 22.5. The SMILES string of the molecule is Cc1ccnc(-c2cc(C(=O)[O-])ccn2)c1.Cl.[Ir+3].[c-]1ccccc1-c1nc2ccccc2s1.[c-]1ccccc1-c1nc2ccccc2s1. The van der Waals surface area contributed by atoms with Crippen LogP contribution in [0.4, 0.5) is 0 Å². The van der Waals surface area contributed by atoms with Gasteiger partial charge in [0.05, 0.1) is 28.4 Å². The average molecular weight is 862 g/mol. The molecule has 0 saturated carbocycles. The Bertz CT molecular complexity index is 2050. The molecule has 0 amide bonds. The molecular weight excluding hydrogens is 836 g/mol. The summed E-state index contributed by atoms with van der Waals surface area (Å²) in [4.78, 5) is 28.0. The van der Waals surface area contributed by atoms with Crippen LogP contribution in [0.5, 0.6) is 0 Å². The Morgan fingerprint density at radius 1 is 0.646 bits per heavy atom. The fraction of sp³-hybridized carbons (Fsp3) is 0.0263. The van der Waals surface area contributed by atoms with E-state index in [1.54, 1.807) is 28.9 Å². The summed E-state index contributed by atoms with van der Waals surface area (Å²) in [6, 6.07) is 45.2. The molecule has 4 heterocycles. The van der Waals surface area contributed by atoms with Crippen LogP contribution in [-0.2, 0) is 20.1 Å². The Balaban J connectivity index is 0.000000159. The number of aromatic nitrogens is 4. The molecule has 0 aliphatic carbocycles. The molecule has 0 unspecified atom stereocenters. The number of carbonyl (C=O) groups excluding carboxylic acids is 1. The van der Waals surface area contributed by atoms with Gasteiger partial charge in [0, 0.05) is 37.4 Å². The number of carboxylic acid groups (broad SMARTS) is 1. The number of carboxylic acids is 1. The number of thiazole rings is 2. The number of nitrogens with zero attached hydrogens (tertiary/aromatic N) is 4. The van der Waals surface area contributed by atoms with Crippen LogP contribution >= 0.6 is 35.1 Å². The summed E-state index contributed by atoms with van der Waals surface area (Å²) in [5, 5.41) is 12.8. The molecule has 0 radical (unpaired) electrons. The van der Waals surface area contributed by atoms with Crippen LogP contribution in [0.1, 0.15) is 15.9 Å². The molecule has 0 atom stereocenters. The number of pyridine rings is 2. The van der Waals surface area contributed by atoms with Gasteiger partial charge in [0.1, 0.15) is 0 Å². The molecule has 0 N–H and O–H groups in total. The summed E-state index contributed by atoms with van der Waals surface area (Å²) in [5.41, 5.74) is 6.61. The van der Waals surface area contributed by atoms with Crippen LogP contribution in [0.25, 0.3) is 53.0 Å². The number of hydrogen-bond donors (Lipinski definition) is 0. The van der Waals surface area contributed by atoms with Crippen LogP contribution in [0.3, 0.4) is 0 Å². The Labute approximate surface area is 306 Å². The van der Waals surface area contributed by atoms with E-state index in [9.17, 15) is 9.90 Å². The van der Waals surface area contributed by atoms with Gasteiger partial charge in [0.15, 0.2) is 0 Å². The van der Waals surface area contributed by atoms with Gasteiger partial charge in [-0.3, -0.25) is 19.9 Å². The molecule has 8 aromatic rings. The Kier molecular flexibility index (Phi) is 13.2. The first-order valence-electron chi connectivity index (χ1n) is 14.3. The Morgan fingerprint density at radius 3 is 1.58 bits per heavy atom. The van der Waals surface area contributed by atoms with Gasteiger partial charge in [0.25, 0.3) is 0 Å². The van der Waals surface area contributed by atoms with E-state index in [-0.39, 0.29) is 38.1 Å². The first-order valence-corrected chi connectivity index (χ1v) is 15.9. The molecule has 0 spiro atoms. The summed E-state index contributed by atoms with van der Waals surface area (Å²) < 4.78 is 2.45. The van der Waals surface area contributed by atoms with Crippen molar-refractivity contribution in [3.63, 3.8) is 0 Å². The van der Waals surface area contributed by atoms with Crippen molar-refractivity contribution < 1.29 is 30.0 Å². The van der Waals surface area contributed by atoms with Gasteiger partial charge in [-0.15, -0.1) is 84.2 Å². The van der Waals surface area contributed by atoms with E-state index in [4.69, 9.17) is 0 Å². The number of hydrogen-bond acceptors (Lipinski definition) is 8. The number of para-hydroxylation sites is 2. The molecule has 8 rings (SSSR count). The first kappa shape index (κ1) is 36.2. The van der Waals surface area contributed by atoms with E-state index in [0.29, 0.717) is 11.4 Å². The fourth-order valence-electron chi connectivity index (χ4n) is 4.40. The minimum atomic E-state index is -1.21. The predicted octanol–water partition coefficient (Wildman–Crippen LogP) is 8.76. The van der Waals surface area contributed by atoms with Crippen LogP contribution < -0.4 is 5.11 Å². The van der Waals surface area contributed by atoms with Gasteiger partial charge >= 0.3 is 20.1 Å². The topological polar surface area (TPSA) is 91.7 Å². The van der Waals surface area contributed by atoms with Crippen LogP contribution in [0.15, 0.2) is 134 Å². The van der Waals surface area contributed by atoms with Crippen LogP contribution in [-0.4, -0.2) is 25.9 Å². The zero-order valence-corrected chi connectivity index (χ0v) is 30.2. The second-order valence-corrected chi connectivity index (χ2v) is 12.0. The summed E-state index contributed by atoms with van der Waals surface area (Å²) in [7, 11) is 0. The van der Waals surface area contributed by atoms with Crippen molar-refractivity contribution in [3.8, 4) is 32.5 Å². The number of halogens is 1. The number of fused-ring (bicyclic) bond motifs is 2.